The quantitative estimate of drug-likeness (QED) is 0.894. The van der Waals surface area contributed by atoms with Gasteiger partial charge in [0.15, 0.2) is 0 Å². The summed E-state index contributed by atoms with van der Waals surface area (Å²) < 4.78 is 0. The van der Waals surface area contributed by atoms with Crippen LogP contribution < -0.4 is 16.0 Å². The molecule has 1 heterocycles. The largest absolute Gasteiger partial charge is 0.384 e. The minimum atomic E-state index is 0.246. The minimum absolute atomic E-state index is 0.246. The van der Waals surface area contributed by atoms with Crippen LogP contribution in [-0.2, 0) is 0 Å². The first kappa shape index (κ1) is 14.1. The third-order valence-electron chi connectivity index (χ3n) is 2.94. The molecule has 1 aromatic heterocycles. The smallest absolute Gasteiger partial charge is 0.136 e. The Hall–Kier alpha value is -2.30. The standard InChI is InChI=1S/C15H21N5/c1-10(2)15-18-13(16)9-14(19-15)17-11-5-7-12(8-6-11)20(3)4/h5-10H,1-4H3,(H3,16,17,18,19). The van der Waals surface area contributed by atoms with E-state index in [1.54, 1.807) is 6.07 Å². The molecule has 0 aliphatic carbocycles. The lowest BCUT2D eigenvalue weighted by Crippen LogP contribution is -2.08. The highest BCUT2D eigenvalue weighted by molar-refractivity contribution is 5.61. The van der Waals surface area contributed by atoms with Crippen molar-refractivity contribution in [1.82, 2.24) is 9.97 Å². The summed E-state index contributed by atoms with van der Waals surface area (Å²) >= 11 is 0. The van der Waals surface area contributed by atoms with Crippen molar-refractivity contribution < 1.29 is 0 Å². The number of nitrogen functional groups attached to an aromatic ring is 1. The first-order valence-corrected chi connectivity index (χ1v) is 6.64. The van der Waals surface area contributed by atoms with Crippen molar-refractivity contribution in [3.05, 3.63) is 36.2 Å². The number of nitrogens with two attached hydrogens (primary N) is 1. The van der Waals surface area contributed by atoms with Crippen molar-refractivity contribution in [3.63, 3.8) is 0 Å². The molecule has 0 fully saturated rings. The summed E-state index contributed by atoms with van der Waals surface area (Å²) in [5.74, 6) is 2.20. The molecule has 0 aliphatic heterocycles. The number of hydrogen-bond acceptors (Lipinski definition) is 5. The number of benzene rings is 1. The van der Waals surface area contributed by atoms with E-state index in [0.29, 0.717) is 5.82 Å². The first-order valence-electron chi connectivity index (χ1n) is 6.64. The van der Waals surface area contributed by atoms with Gasteiger partial charge in [0.1, 0.15) is 17.5 Å². The molecule has 0 aliphatic rings. The van der Waals surface area contributed by atoms with E-state index in [2.05, 4.69) is 32.3 Å². The fourth-order valence-electron chi connectivity index (χ4n) is 1.80. The molecule has 0 saturated heterocycles. The van der Waals surface area contributed by atoms with E-state index in [-0.39, 0.29) is 5.92 Å². The molecule has 0 spiro atoms. The molecule has 106 valence electrons. The Morgan fingerprint density at radius 2 is 1.75 bits per heavy atom. The summed E-state index contributed by atoms with van der Waals surface area (Å²) in [5.41, 5.74) is 7.95. The Kier molecular flexibility index (Phi) is 4.08. The molecule has 0 unspecified atom stereocenters. The average Bonchev–Trinajstić information content (AvgIpc) is 2.38. The van der Waals surface area contributed by atoms with Gasteiger partial charge in [-0.15, -0.1) is 0 Å². The Bertz CT molecular complexity index is 575. The second-order valence-electron chi connectivity index (χ2n) is 5.26. The number of anilines is 4. The van der Waals surface area contributed by atoms with E-state index >= 15 is 0 Å². The van der Waals surface area contributed by atoms with Gasteiger partial charge in [-0.2, -0.15) is 0 Å². The molecule has 0 radical (unpaired) electrons. The molecule has 2 rings (SSSR count). The Labute approximate surface area is 119 Å². The predicted octanol–water partition coefficient (Wildman–Crippen LogP) is 2.99. The van der Waals surface area contributed by atoms with Crippen LogP contribution in [0.25, 0.3) is 0 Å². The molecule has 0 saturated carbocycles. The van der Waals surface area contributed by atoms with Gasteiger partial charge in [0.25, 0.3) is 0 Å². The van der Waals surface area contributed by atoms with Crippen molar-refractivity contribution in [2.24, 2.45) is 0 Å². The fourth-order valence-corrected chi connectivity index (χ4v) is 1.80. The summed E-state index contributed by atoms with van der Waals surface area (Å²) in [4.78, 5) is 10.8. The normalized spacial score (nSPS) is 10.7. The summed E-state index contributed by atoms with van der Waals surface area (Å²) in [7, 11) is 4.03. The zero-order chi connectivity index (χ0) is 14.7. The Morgan fingerprint density at radius 3 is 2.30 bits per heavy atom. The molecule has 0 atom stereocenters. The number of aromatic nitrogens is 2. The molecule has 0 amide bonds. The van der Waals surface area contributed by atoms with E-state index in [1.807, 2.05) is 40.1 Å². The SMILES string of the molecule is CC(C)c1nc(N)cc(Nc2ccc(N(C)C)cc2)n1. The lowest BCUT2D eigenvalue weighted by atomic mass is 10.2. The minimum Gasteiger partial charge on any atom is -0.384 e. The third-order valence-corrected chi connectivity index (χ3v) is 2.94. The maximum absolute atomic E-state index is 5.82. The zero-order valence-corrected chi connectivity index (χ0v) is 12.4. The van der Waals surface area contributed by atoms with Gasteiger partial charge in [-0.25, -0.2) is 9.97 Å². The highest BCUT2D eigenvalue weighted by atomic mass is 15.1. The van der Waals surface area contributed by atoms with Crippen molar-refractivity contribution in [1.29, 1.82) is 0 Å². The Morgan fingerprint density at radius 1 is 1.10 bits per heavy atom. The van der Waals surface area contributed by atoms with Crippen LogP contribution in [0.2, 0.25) is 0 Å². The maximum Gasteiger partial charge on any atom is 0.136 e. The second-order valence-corrected chi connectivity index (χ2v) is 5.26. The van der Waals surface area contributed by atoms with Gasteiger partial charge in [0.05, 0.1) is 0 Å². The van der Waals surface area contributed by atoms with Gasteiger partial charge in [-0.05, 0) is 24.3 Å². The van der Waals surface area contributed by atoms with E-state index in [9.17, 15) is 0 Å². The molecule has 1 aromatic carbocycles. The van der Waals surface area contributed by atoms with Crippen LogP contribution in [0, 0.1) is 0 Å². The van der Waals surface area contributed by atoms with Crippen LogP contribution in [0.5, 0.6) is 0 Å². The van der Waals surface area contributed by atoms with Gasteiger partial charge >= 0.3 is 0 Å². The summed E-state index contributed by atoms with van der Waals surface area (Å²) in [6, 6.07) is 9.88. The fraction of sp³-hybridized carbons (Fsp3) is 0.333. The number of rotatable bonds is 4. The van der Waals surface area contributed by atoms with Crippen molar-refractivity contribution in [2.45, 2.75) is 19.8 Å². The van der Waals surface area contributed by atoms with Crippen molar-refractivity contribution >= 4 is 23.0 Å². The maximum atomic E-state index is 5.82. The van der Waals surface area contributed by atoms with E-state index in [1.165, 1.54) is 0 Å². The lowest BCUT2D eigenvalue weighted by Gasteiger charge is -2.14. The van der Waals surface area contributed by atoms with Gasteiger partial charge in [-0.1, -0.05) is 13.8 Å². The van der Waals surface area contributed by atoms with Gasteiger partial charge in [0.2, 0.25) is 0 Å². The van der Waals surface area contributed by atoms with Gasteiger partial charge < -0.3 is 16.0 Å². The van der Waals surface area contributed by atoms with E-state index in [0.717, 1.165) is 23.0 Å². The first-order chi connectivity index (χ1) is 9.45. The molecule has 5 nitrogen and oxygen atoms in total. The highest BCUT2D eigenvalue weighted by Crippen LogP contribution is 2.21. The van der Waals surface area contributed by atoms with Crippen LogP contribution in [-0.4, -0.2) is 24.1 Å². The summed E-state index contributed by atoms with van der Waals surface area (Å²) in [6.07, 6.45) is 0. The lowest BCUT2D eigenvalue weighted by molar-refractivity contribution is 0.779. The Balaban J connectivity index is 2.21. The highest BCUT2D eigenvalue weighted by Gasteiger charge is 2.07. The molecule has 20 heavy (non-hydrogen) atoms. The molecule has 5 heteroatoms. The zero-order valence-electron chi connectivity index (χ0n) is 12.4. The molecular weight excluding hydrogens is 250 g/mol. The molecule has 2 aromatic rings. The summed E-state index contributed by atoms with van der Waals surface area (Å²) in [5, 5.41) is 3.26. The van der Waals surface area contributed by atoms with E-state index in [4.69, 9.17) is 5.73 Å². The van der Waals surface area contributed by atoms with Crippen molar-refractivity contribution in [3.8, 4) is 0 Å². The number of nitrogens with zero attached hydrogens (tertiary/aromatic N) is 3. The van der Waals surface area contributed by atoms with Crippen LogP contribution in [0.15, 0.2) is 30.3 Å². The van der Waals surface area contributed by atoms with Crippen LogP contribution in [0.1, 0.15) is 25.6 Å². The van der Waals surface area contributed by atoms with Gasteiger partial charge in [0, 0.05) is 37.5 Å². The number of hydrogen-bond donors (Lipinski definition) is 2. The summed E-state index contributed by atoms with van der Waals surface area (Å²) in [6.45, 7) is 4.09. The van der Waals surface area contributed by atoms with E-state index < -0.39 is 0 Å². The average molecular weight is 271 g/mol. The monoisotopic (exact) mass is 271 g/mol. The third kappa shape index (κ3) is 3.38. The van der Waals surface area contributed by atoms with Crippen LogP contribution in [0.4, 0.5) is 23.0 Å². The molecule has 3 N–H and O–H groups in total. The predicted molar refractivity (Wildman–Crippen MR) is 84.6 cm³/mol. The van der Waals surface area contributed by atoms with Gasteiger partial charge in [-0.3, -0.25) is 0 Å². The number of nitrogens with one attached hydrogen (secondary N) is 1. The molecule has 0 bridgehead atoms. The van der Waals surface area contributed by atoms with Crippen molar-refractivity contribution in [2.75, 3.05) is 30.0 Å². The topological polar surface area (TPSA) is 67.1 Å². The molecular formula is C15H21N5. The van der Waals surface area contributed by atoms with Crippen LogP contribution >= 0.6 is 0 Å². The van der Waals surface area contributed by atoms with Crippen LogP contribution in [0.3, 0.4) is 0 Å². The second kappa shape index (κ2) is 5.77.